The Morgan fingerprint density at radius 1 is 1.22 bits per heavy atom. The Hall–Kier alpha value is -2.14. The first-order chi connectivity index (χ1) is 10.7. The fourth-order valence-electron chi connectivity index (χ4n) is 2.44. The average molecular weight is 318 g/mol. The van der Waals surface area contributed by atoms with E-state index in [1.54, 1.807) is 19.2 Å². The molecule has 0 radical (unpaired) electrons. The fourth-order valence-corrected chi connectivity index (χ4v) is 2.44. The third-order valence-corrected chi connectivity index (χ3v) is 3.41. The van der Waals surface area contributed by atoms with Crippen LogP contribution in [0.4, 0.5) is 0 Å². The van der Waals surface area contributed by atoms with Crippen molar-refractivity contribution < 1.29 is 18.7 Å². The smallest absolute Gasteiger partial charge is 0.336 e. The molecule has 2 aromatic rings. The second-order valence-corrected chi connectivity index (χ2v) is 6.45. The maximum atomic E-state index is 12.0. The molecule has 0 aliphatic carbocycles. The number of rotatable bonds is 5. The molecule has 1 aromatic carbocycles. The minimum absolute atomic E-state index is 0.0859. The molecule has 0 spiro atoms. The van der Waals surface area contributed by atoms with E-state index in [1.807, 2.05) is 26.8 Å². The van der Waals surface area contributed by atoms with Crippen LogP contribution in [0.3, 0.4) is 0 Å². The molecule has 1 aromatic heterocycles. The third kappa shape index (κ3) is 4.20. The van der Waals surface area contributed by atoms with E-state index in [2.05, 4.69) is 0 Å². The van der Waals surface area contributed by atoms with Crippen molar-refractivity contribution in [3.8, 4) is 5.75 Å². The van der Waals surface area contributed by atoms with E-state index in [1.165, 1.54) is 13.0 Å². The van der Waals surface area contributed by atoms with Gasteiger partial charge in [0, 0.05) is 23.4 Å². The molecule has 5 heteroatoms. The van der Waals surface area contributed by atoms with Gasteiger partial charge in [-0.25, -0.2) is 4.79 Å². The molecule has 2 rings (SSSR count). The summed E-state index contributed by atoms with van der Waals surface area (Å²) in [5.41, 5.74) is 0.186. The summed E-state index contributed by atoms with van der Waals surface area (Å²) in [6.07, 6.45) is -0.361. The lowest BCUT2D eigenvalue weighted by Gasteiger charge is -2.26. The van der Waals surface area contributed by atoms with Crippen LogP contribution in [0.15, 0.2) is 33.5 Å². The van der Waals surface area contributed by atoms with Crippen LogP contribution in [-0.2, 0) is 16.0 Å². The second-order valence-electron chi connectivity index (χ2n) is 6.45. The molecule has 0 amide bonds. The summed E-state index contributed by atoms with van der Waals surface area (Å²) < 4.78 is 16.6. The fraction of sp³-hybridized carbons (Fsp3) is 0.444. The Labute approximate surface area is 135 Å². The molecule has 5 nitrogen and oxygen atoms in total. The van der Waals surface area contributed by atoms with Gasteiger partial charge in [-0.15, -0.1) is 0 Å². The number of hydrogen-bond acceptors (Lipinski definition) is 5. The Bertz CT molecular complexity index is 767. The van der Waals surface area contributed by atoms with Crippen molar-refractivity contribution in [2.75, 3.05) is 7.11 Å². The summed E-state index contributed by atoms with van der Waals surface area (Å²) in [6, 6.07) is 6.67. The van der Waals surface area contributed by atoms with Crippen molar-refractivity contribution in [2.45, 2.75) is 45.8 Å². The van der Waals surface area contributed by atoms with Gasteiger partial charge >= 0.3 is 5.63 Å². The van der Waals surface area contributed by atoms with Gasteiger partial charge in [-0.3, -0.25) is 4.79 Å². The average Bonchev–Trinajstić information content (AvgIpc) is 2.45. The number of ether oxygens (including phenoxy) is 2. The maximum absolute atomic E-state index is 12.0. The summed E-state index contributed by atoms with van der Waals surface area (Å²) in [5, 5.41) is 0.776. The van der Waals surface area contributed by atoms with Gasteiger partial charge < -0.3 is 13.9 Å². The lowest BCUT2D eigenvalue weighted by atomic mass is 10.0. The van der Waals surface area contributed by atoms with Crippen LogP contribution in [0, 0.1) is 0 Å². The predicted octanol–water partition coefficient (Wildman–Crippen LogP) is 3.12. The predicted molar refractivity (Wildman–Crippen MR) is 88.0 cm³/mol. The van der Waals surface area contributed by atoms with Gasteiger partial charge in [0.1, 0.15) is 17.4 Å². The lowest BCUT2D eigenvalue weighted by molar-refractivity contribution is -0.137. The largest absolute Gasteiger partial charge is 0.496 e. The molecule has 1 unspecified atom stereocenters. The molecular weight excluding hydrogens is 296 g/mol. The maximum Gasteiger partial charge on any atom is 0.336 e. The molecule has 0 saturated carbocycles. The van der Waals surface area contributed by atoms with E-state index in [-0.39, 0.29) is 12.2 Å². The van der Waals surface area contributed by atoms with Crippen LogP contribution < -0.4 is 10.4 Å². The van der Waals surface area contributed by atoms with Gasteiger partial charge in [0.2, 0.25) is 0 Å². The standard InChI is InChI=1S/C18H22O5/c1-11(19)15(23-18(2,3)4)10-13-14(21-5)8-6-12-7-9-16(20)22-17(12)13/h6-9,15H,10H2,1-5H3. The van der Waals surface area contributed by atoms with Gasteiger partial charge in [0.05, 0.1) is 12.7 Å². The van der Waals surface area contributed by atoms with E-state index < -0.39 is 17.3 Å². The topological polar surface area (TPSA) is 65.7 Å². The normalized spacial score (nSPS) is 13.1. The highest BCUT2D eigenvalue weighted by Crippen LogP contribution is 2.29. The molecule has 0 bridgehead atoms. The van der Waals surface area contributed by atoms with Crippen molar-refractivity contribution >= 4 is 16.8 Å². The Morgan fingerprint density at radius 3 is 2.43 bits per heavy atom. The van der Waals surface area contributed by atoms with Crippen molar-refractivity contribution in [1.82, 2.24) is 0 Å². The summed E-state index contributed by atoms with van der Waals surface area (Å²) in [6.45, 7) is 7.17. The summed E-state index contributed by atoms with van der Waals surface area (Å²) in [7, 11) is 1.54. The Kier molecular flexibility index (Phi) is 4.90. The first-order valence-electron chi connectivity index (χ1n) is 7.49. The van der Waals surface area contributed by atoms with Crippen LogP contribution in [0.2, 0.25) is 0 Å². The molecule has 1 heterocycles. The van der Waals surface area contributed by atoms with E-state index in [4.69, 9.17) is 13.9 Å². The van der Waals surface area contributed by atoms with Gasteiger partial charge in [0.25, 0.3) is 0 Å². The molecule has 23 heavy (non-hydrogen) atoms. The quantitative estimate of drug-likeness (QED) is 0.793. The molecule has 0 N–H and O–H groups in total. The van der Waals surface area contributed by atoms with Gasteiger partial charge in [-0.1, -0.05) is 0 Å². The number of hydrogen-bond donors (Lipinski definition) is 0. The van der Waals surface area contributed by atoms with Crippen molar-refractivity contribution in [3.63, 3.8) is 0 Å². The number of carbonyl (C=O) groups excluding carboxylic acids is 1. The monoisotopic (exact) mass is 318 g/mol. The highest BCUT2D eigenvalue weighted by Gasteiger charge is 2.25. The summed E-state index contributed by atoms with van der Waals surface area (Å²) in [5.74, 6) is 0.480. The van der Waals surface area contributed by atoms with E-state index >= 15 is 0 Å². The minimum Gasteiger partial charge on any atom is -0.496 e. The molecule has 0 aliphatic heterocycles. The highest BCUT2D eigenvalue weighted by atomic mass is 16.5. The molecule has 1 atom stereocenters. The van der Waals surface area contributed by atoms with E-state index in [0.29, 0.717) is 16.9 Å². The zero-order valence-corrected chi connectivity index (χ0v) is 14.1. The lowest BCUT2D eigenvalue weighted by Crippen LogP contribution is -2.33. The van der Waals surface area contributed by atoms with Gasteiger partial charge in [-0.05, 0) is 45.9 Å². The van der Waals surface area contributed by atoms with Crippen molar-refractivity contribution in [3.05, 3.63) is 40.2 Å². The minimum atomic E-state index is -0.639. The van der Waals surface area contributed by atoms with Crippen LogP contribution in [0.5, 0.6) is 5.75 Å². The zero-order valence-electron chi connectivity index (χ0n) is 14.1. The Morgan fingerprint density at radius 2 is 1.87 bits per heavy atom. The number of Topliss-reactive ketones (excluding diaryl/α,β-unsaturated/α-hetero) is 1. The zero-order chi connectivity index (χ0) is 17.2. The molecule has 0 aliphatic rings. The number of methoxy groups -OCH3 is 1. The first kappa shape index (κ1) is 17.2. The SMILES string of the molecule is COc1ccc2ccc(=O)oc2c1CC(OC(C)(C)C)C(C)=O. The molecular formula is C18H22O5. The van der Waals surface area contributed by atoms with Crippen molar-refractivity contribution in [1.29, 1.82) is 0 Å². The van der Waals surface area contributed by atoms with Crippen LogP contribution in [0.1, 0.15) is 33.3 Å². The van der Waals surface area contributed by atoms with Crippen LogP contribution in [-0.4, -0.2) is 24.6 Å². The van der Waals surface area contributed by atoms with Crippen molar-refractivity contribution in [2.24, 2.45) is 0 Å². The van der Waals surface area contributed by atoms with Crippen LogP contribution >= 0.6 is 0 Å². The molecule has 0 fully saturated rings. The van der Waals surface area contributed by atoms with Crippen LogP contribution in [0.25, 0.3) is 11.0 Å². The number of benzene rings is 1. The Balaban J connectivity index is 2.53. The number of fused-ring (bicyclic) bond motifs is 1. The summed E-state index contributed by atoms with van der Waals surface area (Å²) in [4.78, 5) is 23.5. The molecule has 124 valence electrons. The van der Waals surface area contributed by atoms with Gasteiger partial charge in [0.15, 0.2) is 5.78 Å². The number of carbonyl (C=O) groups is 1. The highest BCUT2D eigenvalue weighted by molar-refractivity contribution is 5.85. The van der Waals surface area contributed by atoms with E-state index in [9.17, 15) is 9.59 Å². The summed E-state index contributed by atoms with van der Waals surface area (Å²) >= 11 is 0. The first-order valence-corrected chi connectivity index (χ1v) is 7.49. The molecule has 0 saturated heterocycles. The second kappa shape index (κ2) is 6.54. The third-order valence-electron chi connectivity index (χ3n) is 3.41. The number of ketones is 1. The van der Waals surface area contributed by atoms with E-state index in [0.717, 1.165) is 5.39 Å². The van der Waals surface area contributed by atoms with Gasteiger partial charge in [-0.2, -0.15) is 0 Å².